The van der Waals surface area contributed by atoms with Crippen molar-refractivity contribution in [2.75, 3.05) is 13.2 Å². The minimum Gasteiger partial charge on any atom is -0.479 e. The highest BCUT2D eigenvalue weighted by atomic mass is 19.4. The van der Waals surface area contributed by atoms with Crippen LogP contribution in [0, 0.1) is 0 Å². The Balaban J connectivity index is 2.80. The van der Waals surface area contributed by atoms with Gasteiger partial charge in [0.2, 0.25) is 0 Å². The summed E-state index contributed by atoms with van der Waals surface area (Å²) in [5.41, 5.74) is 0.149. The zero-order chi connectivity index (χ0) is 14.5. The maximum absolute atomic E-state index is 11.9. The first-order valence-corrected chi connectivity index (χ1v) is 5.14. The first kappa shape index (κ1) is 15.3. The molecule has 0 bridgehead atoms. The molecule has 0 amide bonds. The first-order valence-electron chi connectivity index (χ1n) is 5.14. The fourth-order valence-electron chi connectivity index (χ4n) is 1.32. The van der Waals surface area contributed by atoms with Gasteiger partial charge in [0.1, 0.15) is 5.75 Å². The molecule has 1 aromatic carbocycles. The number of carboxylic acid groups (broad SMARTS) is 1. The van der Waals surface area contributed by atoms with Crippen molar-refractivity contribution in [1.29, 1.82) is 0 Å². The summed E-state index contributed by atoms with van der Waals surface area (Å²) in [5, 5.41) is 17.4. The molecule has 106 valence electrons. The highest BCUT2D eigenvalue weighted by Crippen LogP contribution is 2.25. The fraction of sp³-hybridized carbons (Fsp3) is 0.364. The van der Waals surface area contributed by atoms with E-state index >= 15 is 0 Å². The monoisotopic (exact) mass is 280 g/mol. The number of aliphatic carboxylic acids is 1. The van der Waals surface area contributed by atoms with E-state index in [9.17, 15) is 18.0 Å². The molecule has 0 aliphatic carbocycles. The number of alkyl halides is 3. The highest BCUT2D eigenvalue weighted by molar-refractivity contribution is 5.74. The van der Waals surface area contributed by atoms with Crippen molar-refractivity contribution in [2.45, 2.75) is 12.5 Å². The second-order valence-corrected chi connectivity index (χ2v) is 3.43. The maximum Gasteiger partial charge on any atom is 0.573 e. The van der Waals surface area contributed by atoms with Crippen LogP contribution in [-0.4, -0.2) is 35.8 Å². The van der Waals surface area contributed by atoms with E-state index < -0.39 is 24.2 Å². The predicted molar refractivity (Wildman–Crippen MR) is 56.5 cm³/mol. The number of carbonyl (C=O) groups is 1. The van der Waals surface area contributed by atoms with E-state index in [2.05, 4.69) is 4.74 Å². The van der Waals surface area contributed by atoms with E-state index in [1.807, 2.05) is 0 Å². The number of hydrogen-bond donors (Lipinski definition) is 2. The maximum atomic E-state index is 11.9. The minimum atomic E-state index is -4.80. The molecule has 0 spiro atoms. The van der Waals surface area contributed by atoms with Crippen LogP contribution in [0.3, 0.4) is 0 Å². The lowest BCUT2D eigenvalue weighted by Gasteiger charge is -2.14. The summed E-state index contributed by atoms with van der Waals surface area (Å²) in [6.45, 7) is -0.559. The SMILES string of the molecule is O=C(O)C(OCCO)c1ccc(OC(F)(F)F)cc1. The number of halogens is 3. The molecule has 1 atom stereocenters. The third kappa shape index (κ3) is 5.14. The topological polar surface area (TPSA) is 76.0 Å². The highest BCUT2D eigenvalue weighted by Gasteiger charge is 2.31. The number of aliphatic hydroxyl groups is 1. The number of ether oxygens (including phenoxy) is 2. The van der Waals surface area contributed by atoms with E-state index in [-0.39, 0.29) is 18.8 Å². The third-order valence-corrected chi connectivity index (χ3v) is 2.02. The molecule has 0 aliphatic heterocycles. The third-order valence-electron chi connectivity index (χ3n) is 2.02. The van der Waals surface area contributed by atoms with E-state index in [4.69, 9.17) is 14.9 Å². The van der Waals surface area contributed by atoms with E-state index in [0.717, 1.165) is 24.3 Å². The van der Waals surface area contributed by atoms with Crippen LogP contribution in [0.25, 0.3) is 0 Å². The zero-order valence-corrected chi connectivity index (χ0v) is 9.55. The first-order chi connectivity index (χ1) is 8.83. The van der Waals surface area contributed by atoms with Crippen LogP contribution in [0.2, 0.25) is 0 Å². The van der Waals surface area contributed by atoms with Gasteiger partial charge in [-0.15, -0.1) is 13.2 Å². The van der Waals surface area contributed by atoms with Crippen LogP contribution < -0.4 is 4.74 Å². The Morgan fingerprint density at radius 2 is 1.84 bits per heavy atom. The summed E-state index contributed by atoms with van der Waals surface area (Å²) in [4.78, 5) is 10.9. The minimum absolute atomic E-state index is 0.149. The van der Waals surface area contributed by atoms with Gasteiger partial charge in [-0.1, -0.05) is 12.1 Å². The van der Waals surface area contributed by atoms with Gasteiger partial charge >= 0.3 is 12.3 Å². The summed E-state index contributed by atoms with van der Waals surface area (Å²) >= 11 is 0. The molecule has 0 aliphatic rings. The molecule has 1 unspecified atom stereocenters. The van der Waals surface area contributed by atoms with Crippen molar-refractivity contribution in [2.24, 2.45) is 0 Å². The van der Waals surface area contributed by atoms with Gasteiger partial charge in [-0.05, 0) is 17.7 Å². The molecule has 5 nitrogen and oxygen atoms in total. The van der Waals surface area contributed by atoms with Crippen molar-refractivity contribution in [1.82, 2.24) is 0 Å². The van der Waals surface area contributed by atoms with Gasteiger partial charge in [0.25, 0.3) is 0 Å². The Kier molecular flexibility index (Phi) is 5.13. The molecular formula is C11H11F3O5. The van der Waals surface area contributed by atoms with E-state index in [1.165, 1.54) is 0 Å². The molecule has 0 radical (unpaired) electrons. The fourth-order valence-corrected chi connectivity index (χ4v) is 1.32. The Bertz CT molecular complexity index is 415. The van der Waals surface area contributed by atoms with Gasteiger partial charge in [0.15, 0.2) is 6.10 Å². The summed E-state index contributed by atoms with van der Waals surface area (Å²) in [7, 11) is 0. The summed E-state index contributed by atoms with van der Waals surface area (Å²) < 4.78 is 44.3. The van der Waals surface area contributed by atoms with Crippen LogP contribution in [0.5, 0.6) is 5.75 Å². The predicted octanol–water partition coefficient (Wildman–Crippen LogP) is 1.72. The lowest BCUT2D eigenvalue weighted by atomic mass is 10.1. The Labute approximate surface area is 106 Å². The largest absolute Gasteiger partial charge is 0.573 e. The molecule has 19 heavy (non-hydrogen) atoms. The summed E-state index contributed by atoms with van der Waals surface area (Å²) in [6.07, 6.45) is -6.16. The van der Waals surface area contributed by atoms with Gasteiger partial charge in [0, 0.05) is 0 Å². The Morgan fingerprint density at radius 1 is 1.26 bits per heavy atom. The molecular weight excluding hydrogens is 269 g/mol. The molecule has 2 N–H and O–H groups in total. The van der Waals surface area contributed by atoms with E-state index in [1.54, 1.807) is 0 Å². The summed E-state index contributed by atoms with van der Waals surface area (Å²) in [6, 6.07) is 4.27. The molecule has 0 saturated carbocycles. The second-order valence-electron chi connectivity index (χ2n) is 3.43. The lowest BCUT2D eigenvalue weighted by molar-refractivity contribution is -0.274. The van der Waals surface area contributed by atoms with Crippen molar-refractivity contribution >= 4 is 5.97 Å². The molecule has 1 aromatic rings. The number of hydrogen-bond acceptors (Lipinski definition) is 4. The molecule has 0 saturated heterocycles. The van der Waals surface area contributed by atoms with Crippen molar-refractivity contribution < 1.29 is 37.7 Å². The normalized spacial score (nSPS) is 13.1. The van der Waals surface area contributed by atoms with Crippen molar-refractivity contribution in [3.05, 3.63) is 29.8 Å². The van der Waals surface area contributed by atoms with Crippen molar-refractivity contribution in [3.8, 4) is 5.75 Å². The number of benzene rings is 1. The number of rotatable bonds is 6. The van der Waals surface area contributed by atoms with Gasteiger partial charge in [0.05, 0.1) is 13.2 Å². The molecule has 0 fully saturated rings. The second kappa shape index (κ2) is 6.39. The molecule has 0 aromatic heterocycles. The zero-order valence-electron chi connectivity index (χ0n) is 9.55. The quantitative estimate of drug-likeness (QED) is 0.829. The van der Waals surface area contributed by atoms with Gasteiger partial charge in [-0.3, -0.25) is 0 Å². The number of aliphatic hydroxyl groups excluding tert-OH is 1. The van der Waals surface area contributed by atoms with Gasteiger partial charge in [-0.25, -0.2) is 4.79 Å². The average molecular weight is 280 g/mol. The molecule has 0 heterocycles. The van der Waals surface area contributed by atoms with Crippen molar-refractivity contribution in [3.63, 3.8) is 0 Å². The standard InChI is InChI=1S/C11H11F3O5/c12-11(13,14)19-8-3-1-7(2-4-8)9(10(16)17)18-6-5-15/h1-4,9,15H,5-6H2,(H,16,17). The summed E-state index contributed by atoms with van der Waals surface area (Å²) in [5.74, 6) is -1.76. The van der Waals surface area contributed by atoms with Crippen LogP contribution in [-0.2, 0) is 9.53 Å². The van der Waals surface area contributed by atoms with E-state index in [0.29, 0.717) is 0 Å². The Morgan fingerprint density at radius 3 is 2.26 bits per heavy atom. The average Bonchev–Trinajstić information content (AvgIpc) is 2.29. The van der Waals surface area contributed by atoms with Gasteiger partial charge < -0.3 is 19.7 Å². The Hall–Kier alpha value is -1.80. The smallest absolute Gasteiger partial charge is 0.479 e. The lowest BCUT2D eigenvalue weighted by Crippen LogP contribution is -2.18. The number of carboxylic acids is 1. The van der Waals surface area contributed by atoms with Crippen LogP contribution >= 0.6 is 0 Å². The molecule has 1 rings (SSSR count). The molecule has 8 heteroatoms. The van der Waals surface area contributed by atoms with Gasteiger partial charge in [-0.2, -0.15) is 0 Å². The van der Waals surface area contributed by atoms with Crippen LogP contribution in [0.4, 0.5) is 13.2 Å². The van der Waals surface area contributed by atoms with Crippen LogP contribution in [0.1, 0.15) is 11.7 Å². The van der Waals surface area contributed by atoms with Crippen LogP contribution in [0.15, 0.2) is 24.3 Å².